The highest BCUT2D eigenvalue weighted by Gasteiger charge is 2.25. The van der Waals surface area contributed by atoms with Gasteiger partial charge in [0.1, 0.15) is 6.10 Å². The minimum Gasteiger partial charge on any atom is -0.379 e. The van der Waals surface area contributed by atoms with E-state index >= 15 is 0 Å². The molecular weight excluding hydrogens is 456 g/mol. The number of aromatic nitrogens is 1. The fourth-order valence-electron chi connectivity index (χ4n) is 4.14. The van der Waals surface area contributed by atoms with Crippen LogP contribution in [0.5, 0.6) is 0 Å². The van der Waals surface area contributed by atoms with Gasteiger partial charge in [-0.05, 0) is 56.9 Å². The van der Waals surface area contributed by atoms with Crippen LogP contribution in [-0.2, 0) is 9.47 Å². The summed E-state index contributed by atoms with van der Waals surface area (Å²) in [6.45, 7) is 10.3. The average molecular weight is 495 g/mol. The molecule has 3 aromatic rings. The van der Waals surface area contributed by atoms with Crippen LogP contribution in [0.25, 0.3) is 22.4 Å². The summed E-state index contributed by atoms with van der Waals surface area (Å²) < 4.78 is 12.6. The summed E-state index contributed by atoms with van der Waals surface area (Å²) in [6.07, 6.45) is 0.893. The molecule has 1 unspecified atom stereocenters. The van der Waals surface area contributed by atoms with Gasteiger partial charge in [-0.3, -0.25) is 0 Å². The van der Waals surface area contributed by atoms with Crippen LogP contribution in [0, 0.1) is 0 Å². The molecule has 1 atom stereocenters. The van der Waals surface area contributed by atoms with Crippen molar-refractivity contribution in [3.05, 3.63) is 60.3 Å². The lowest BCUT2D eigenvalue weighted by atomic mass is 10.0. The van der Waals surface area contributed by atoms with E-state index in [1.807, 2.05) is 11.8 Å². The fraction of sp³-hybridized carbons (Fsp3) is 0.429. The first-order valence-electron chi connectivity index (χ1n) is 12.3. The molecule has 0 bridgehead atoms. The van der Waals surface area contributed by atoms with Crippen molar-refractivity contribution >= 4 is 19.8 Å². The van der Waals surface area contributed by atoms with E-state index in [-0.39, 0.29) is 6.10 Å². The van der Waals surface area contributed by atoms with Crippen molar-refractivity contribution in [1.82, 2.24) is 9.88 Å². The zero-order chi connectivity index (χ0) is 24.1. The Bertz CT molecular complexity index is 1030. The van der Waals surface area contributed by atoms with Crippen LogP contribution < -0.4 is 0 Å². The average Bonchev–Trinajstić information content (AvgIpc) is 3.17. The van der Waals surface area contributed by atoms with E-state index in [0.717, 1.165) is 25.3 Å². The number of nitrogens with zero attached hydrogens (tertiary/aromatic N) is 1. The van der Waals surface area contributed by atoms with E-state index in [4.69, 9.17) is 9.47 Å². The second-order valence-corrected chi connectivity index (χ2v) is 17.2. The summed E-state index contributed by atoms with van der Waals surface area (Å²) in [7, 11) is 3.08. The molecule has 0 aliphatic carbocycles. The number of H-pyrrole nitrogens is 1. The molecule has 0 saturated heterocycles. The van der Waals surface area contributed by atoms with Crippen LogP contribution in [0.1, 0.15) is 18.2 Å². The molecule has 4 rings (SSSR count). The van der Waals surface area contributed by atoms with Gasteiger partial charge in [0.15, 0.2) is 0 Å². The highest BCUT2D eigenvalue weighted by atomic mass is 32.2. The predicted molar refractivity (Wildman–Crippen MR) is 147 cm³/mol. The maximum Gasteiger partial charge on any atom is 0.120 e. The Morgan fingerprint density at radius 1 is 0.912 bits per heavy atom. The van der Waals surface area contributed by atoms with Gasteiger partial charge in [-0.25, -0.2) is 0 Å². The molecule has 0 radical (unpaired) electrons. The molecule has 4 nitrogen and oxygen atoms in total. The third kappa shape index (κ3) is 6.43. The molecule has 2 aromatic carbocycles. The number of benzene rings is 2. The van der Waals surface area contributed by atoms with E-state index in [2.05, 4.69) is 98.2 Å². The number of aromatic amines is 1. The first-order valence-corrected chi connectivity index (χ1v) is 16.8. The van der Waals surface area contributed by atoms with Gasteiger partial charge in [-0.15, -0.1) is 0 Å². The van der Waals surface area contributed by atoms with E-state index in [9.17, 15) is 0 Å². The van der Waals surface area contributed by atoms with E-state index in [1.54, 1.807) is 0 Å². The Morgan fingerprint density at radius 3 is 2.29 bits per heavy atom. The van der Waals surface area contributed by atoms with Gasteiger partial charge in [0, 0.05) is 47.9 Å². The van der Waals surface area contributed by atoms with Crippen LogP contribution in [0.15, 0.2) is 64.4 Å². The van der Waals surface area contributed by atoms with Crippen molar-refractivity contribution in [2.45, 2.75) is 48.0 Å². The highest BCUT2D eigenvalue weighted by molar-refractivity contribution is 7.99. The Kier molecular flexibility index (Phi) is 8.37. The van der Waals surface area contributed by atoms with Crippen LogP contribution >= 0.6 is 11.8 Å². The topological polar surface area (TPSA) is 37.5 Å². The Labute approximate surface area is 210 Å². The zero-order valence-electron chi connectivity index (χ0n) is 21.2. The fourth-order valence-corrected chi connectivity index (χ4v) is 5.99. The van der Waals surface area contributed by atoms with Crippen molar-refractivity contribution in [2.75, 3.05) is 40.5 Å². The van der Waals surface area contributed by atoms with Gasteiger partial charge >= 0.3 is 0 Å². The van der Waals surface area contributed by atoms with Crippen molar-refractivity contribution in [1.29, 1.82) is 0 Å². The molecular formula is C28H38N2O2SSi. The number of rotatable bonds is 11. The van der Waals surface area contributed by atoms with E-state index < -0.39 is 8.07 Å². The van der Waals surface area contributed by atoms with Crippen LogP contribution in [0.4, 0.5) is 0 Å². The summed E-state index contributed by atoms with van der Waals surface area (Å²) in [5.41, 5.74) is 6.03. The largest absolute Gasteiger partial charge is 0.379 e. The van der Waals surface area contributed by atoms with Gasteiger partial charge in [0.05, 0.1) is 12.3 Å². The molecule has 1 aliphatic heterocycles. The molecule has 182 valence electrons. The van der Waals surface area contributed by atoms with Gasteiger partial charge in [-0.1, -0.05) is 67.8 Å². The Hall–Kier alpha value is -1.83. The number of nitrogens with one attached hydrogen (secondary N) is 1. The predicted octanol–water partition coefficient (Wildman–Crippen LogP) is 7.18. The van der Waals surface area contributed by atoms with E-state index in [1.165, 1.54) is 38.2 Å². The molecule has 34 heavy (non-hydrogen) atoms. The molecule has 1 N–H and O–H groups in total. The van der Waals surface area contributed by atoms with Gasteiger partial charge in [0.2, 0.25) is 0 Å². The summed E-state index contributed by atoms with van der Waals surface area (Å²) in [5, 5.41) is 0. The Balaban J connectivity index is 1.62. The van der Waals surface area contributed by atoms with Gasteiger partial charge in [0.25, 0.3) is 0 Å². The van der Waals surface area contributed by atoms with Crippen molar-refractivity contribution < 1.29 is 9.47 Å². The molecule has 2 heterocycles. The quantitative estimate of drug-likeness (QED) is 0.177. The second-order valence-electron chi connectivity index (χ2n) is 10.5. The maximum atomic E-state index is 6.42. The summed E-state index contributed by atoms with van der Waals surface area (Å²) in [6, 6.07) is 20.8. The number of ether oxygens (including phenoxy) is 2. The molecule has 1 aromatic heterocycles. The normalized spacial score (nSPS) is 13.8. The lowest BCUT2D eigenvalue weighted by Crippen LogP contribution is -2.23. The molecule has 0 saturated carbocycles. The summed E-state index contributed by atoms with van der Waals surface area (Å²) >= 11 is 1.84. The summed E-state index contributed by atoms with van der Waals surface area (Å²) in [4.78, 5) is 8.52. The third-order valence-corrected chi connectivity index (χ3v) is 8.93. The lowest BCUT2D eigenvalue weighted by molar-refractivity contribution is -0.0190. The smallest absolute Gasteiger partial charge is 0.120 e. The minimum absolute atomic E-state index is 0.109. The van der Waals surface area contributed by atoms with Crippen molar-refractivity contribution in [2.24, 2.45) is 0 Å². The first kappa shape index (κ1) is 25.3. The lowest BCUT2D eigenvalue weighted by Gasteiger charge is -2.20. The van der Waals surface area contributed by atoms with E-state index in [0.29, 0.717) is 13.2 Å². The minimum atomic E-state index is -1.13. The van der Waals surface area contributed by atoms with Gasteiger partial charge < -0.3 is 19.4 Å². The Morgan fingerprint density at radius 2 is 1.59 bits per heavy atom. The molecule has 1 aliphatic rings. The molecule has 0 amide bonds. The van der Waals surface area contributed by atoms with Crippen molar-refractivity contribution in [3.8, 4) is 22.4 Å². The highest BCUT2D eigenvalue weighted by Crippen LogP contribution is 2.48. The monoisotopic (exact) mass is 494 g/mol. The first-order chi connectivity index (χ1) is 16.3. The standard InChI is InChI=1S/C28H38N2O2SSi/c1-30(2)15-10-16-32-25(20-31-17-18-34(3,4)5)24-19-23-21-11-6-8-13-26(21)33-27-14-9-7-12-22(27)28(23)29-24/h6-9,11-14,19,25,29H,10,15-18,20H2,1-5H3. The zero-order valence-corrected chi connectivity index (χ0v) is 23.0. The molecule has 0 spiro atoms. The van der Waals surface area contributed by atoms with Crippen molar-refractivity contribution in [3.63, 3.8) is 0 Å². The molecule has 0 fully saturated rings. The van der Waals surface area contributed by atoms with Crippen LogP contribution in [0.3, 0.4) is 0 Å². The third-order valence-electron chi connectivity index (χ3n) is 6.07. The number of fused-ring (bicyclic) bond motifs is 5. The van der Waals surface area contributed by atoms with Crippen LogP contribution in [0.2, 0.25) is 25.7 Å². The number of hydrogen-bond donors (Lipinski definition) is 1. The van der Waals surface area contributed by atoms with Gasteiger partial charge in [-0.2, -0.15) is 0 Å². The summed E-state index contributed by atoms with van der Waals surface area (Å²) in [5.74, 6) is 0. The SMILES string of the molecule is CN(C)CCCOC(COCC[Si](C)(C)C)c1cc2c([nH]1)-c1ccccc1Sc1ccccc1-2. The number of hydrogen-bond acceptors (Lipinski definition) is 4. The second kappa shape index (κ2) is 11.3. The van der Waals surface area contributed by atoms with Crippen LogP contribution in [-0.4, -0.2) is 58.4 Å². The maximum absolute atomic E-state index is 6.42. The molecule has 6 heteroatoms.